The van der Waals surface area contributed by atoms with E-state index in [1.807, 2.05) is 13.8 Å². The topological polar surface area (TPSA) is 60.7 Å². The third-order valence-corrected chi connectivity index (χ3v) is 2.82. The lowest BCUT2D eigenvalue weighted by molar-refractivity contribution is 0.706. The zero-order valence-corrected chi connectivity index (χ0v) is 9.28. The van der Waals surface area contributed by atoms with Crippen LogP contribution in [0.4, 0.5) is 0 Å². The molecule has 0 N–H and O–H groups in total. The summed E-state index contributed by atoms with van der Waals surface area (Å²) in [6.07, 6.45) is 2.97. The number of aromatic nitrogens is 4. The fraction of sp³-hybridized carbons (Fsp3) is 0.333. The normalized spacial score (nSPS) is 10.5. The summed E-state index contributed by atoms with van der Waals surface area (Å²) in [7, 11) is 0. The van der Waals surface area contributed by atoms with Crippen molar-refractivity contribution >= 4 is 11.3 Å². The van der Waals surface area contributed by atoms with Gasteiger partial charge in [0, 0.05) is 11.9 Å². The molecule has 0 atom stereocenters. The minimum Gasteiger partial charge on any atom is -0.303 e. The predicted octanol–water partition coefficient (Wildman–Crippen LogP) is 0.760. The summed E-state index contributed by atoms with van der Waals surface area (Å²) in [5, 5.41) is 9.64. The van der Waals surface area contributed by atoms with Gasteiger partial charge in [-0.15, -0.1) is 10.2 Å². The summed E-state index contributed by atoms with van der Waals surface area (Å²) in [5.74, 6) is 0. The van der Waals surface area contributed by atoms with Gasteiger partial charge in [-0.3, -0.25) is 9.78 Å². The highest BCUT2D eigenvalue weighted by Crippen LogP contribution is 2.09. The largest absolute Gasteiger partial charge is 0.303 e. The van der Waals surface area contributed by atoms with E-state index in [0.29, 0.717) is 6.54 Å². The standard InChI is InChI=1S/C9H10N4OS/c1-6-3-10-4-9(14)13(6)5-8-12-11-7(2)15-8/h3-4H,5H2,1-2H3. The summed E-state index contributed by atoms with van der Waals surface area (Å²) < 4.78 is 1.63. The highest BCUT2D eigenvalue weighted by Gasteiger charge is 2.05. The maximum atomic E-state index is 11.5. The maximum Gasteiger partial charge on any atom is 0.269 e. The lowest BCUT2D eigenvalue weighted by atomic mass is 10.4. The lowest BCUT2D eigenvalue weighted by Gasteiger charge is -2.05. The molecule has 0 spiro atoms. The van der Waals surface area contributed by atoms with Crippen LogP contribution in [0.2, 0.25) is 0 Å². The van der Waals surface area contributed by atoms with Gasteiger partial charge >= 0.3 is 0 Å². The highest BCUT2D eigenvalue weighted by molar-refractivity contribution is 7.11. The van der Waals surface area contributed by atoms with Crippen LogP contribution in [-0.4, -0.2) is 19.7 Å². The summed E-state index contributed by atoms with van der Waals surface area (Å²) in [6.45, 7) is 4.21. The second-order valence-corrected chi connectivity index (χ2v) is 4.45. The molecule has 78 valence electrons. The zero-order chi connectivity index (χ0) is 10.8. The molecular formula is C9H10N4OS. The maximum absolute atomic E-state index is 11.5. The molecule has 2 aromatic heterocycles. The van der Waals surface area contributed by atoms with Crippen LogP contribution >= 0.6 is 11.3 Å². The fourth-order valence-corrected chi connectivity index (χ4v) is 1.96. The third-order valence-electron chi connectivity index (χ3n) is 2.00. The Labute approximate surface area is 90.4 Å². The van der Waals surface area contributed by atoms with Crippen molar-refractivity contribution in [2.45, 2.75) is 20.4 Å². The van der Waals surface area contributed by atoms with Crippen molar-refractivity contribution in [3.8, 4) is 0 Å². The second kappa shape index (κ2) is 3.90. The Balaban J connectivity index is 2.36. The molecule has 0 saturated carbocycles. The molecule has 15 heavy (non-hydrogen) atoms. The first-order valence-corrected chi connectivity index (χ1v) is 5.29. The first-order valence-electron chi connectivity index (χ1n) is 4.47. The predicted molar refractivity (Wildman–Crippen MR) is 57.0 cm³/mol. The SMILES string of the molecule is Cc1nnc(Cn2c(C)cncc2=O)s1. The van der Waals surface area contributed by atoms with E-state index in [-0.39, 0.29) is 5.56 Å². The molecule has 2 rings (SSSR count). The highest BCUT2D eigenvalue weighted by atomic mass is 32.1. The molecule has 0 aromatic carbocycles. The number of rotatable bonds is 2. The second-order valence-electron chi connectivity index (χ2n) is 3.19. The van der Waals surface area contributed by atoms with Crippen molar-refractivity contribution in [3.05, 3.63) is 38.5 Å². The minimum absolute atomic E-state index is 0.108. The monoisotopic (exact) mass is 222 g/mol. The minimum atomic E-state index is -0.108. The van der Waals surface area contributed by atoms with Crippen LogP contribution in [0.5, 0.6) is 0 Å². The molecule has 0 aliphatic rings. The van der Waals surface area contributed by atoms with Gasteiger partial charge in [-0.05, 0) is 13.8 Å². The Bertz CT molecular complexity index is 531. The fourth-order valence-electron chi connectivity index (χ4n) is 1.26. The lowest BCUT2D eigenvalue weighted by Crippen LogP contribution is -2.22. The van der Waals surface area contributed by atoms with Crippen LogP contribution in [0.1, 0.15) is 15.7 Å². The molecule has 0 aliphatic carbocycles. The molecule has 0 unspecified atom stereocenters. The number of hydrogen-bond acceptors (Lipinski definition) is 5. The van der Waals surface area contributed by atoms with Crippen molar-refractivity contribution < 1.29 is 0 Å². The molecule has 2 aromatic rings. The van der Waals surface area contributed by atoms with Crippen molar-refractivity contribution in [2.24, 2.45) is 0 Å². The van der Waals surface area contributed by atoms with Crippen LogP contribution in [-0.2, 0) is 6.54 Å². The Morgan fingerprint density at radius 1 is 1.33 bits per heavy atom. The molecule has 0 fully saturated rings. The molecule has 0 saturated heterocycles. The van der Waals surface area contributed by atoms with Gasteiger partial charge in [-0.1, -0.05) is 11.3 Å². The first kappa shape index (κ1) is 9.97. The molecule has 2 heterocycles. The van der Waals surface area contributed by atoms with Gasteiger partial charge in [0.2, 0.25) is 0 Å². The van der Waals surface area contributed by atoms with Gasteiger partial charge in [-0.2, -0.15) is 0 Å². The van der Waals surface area contributed by atoms with Crippen LogP contribution < -0.4 is 5.56 Å². The van der Waals surface area contributed by atoms with E-state index < -0.39 is 0 Å². The van der Waals surface area contributed by atoms with E-state index >= 15 is 0 Å². The van der Waals surface area contributed by atoms with E-state index in [0.717, 1.165) is 15.7 Å². The van der Waals surface area contributed by atoms with Crippen molar-refractivity contribution in [1.29, 1.82) is 0 Å². The number of aryl methyl sites for hydroxylation is 2. The molecule has 5 nitrogen and oxygen atoms in total. The molecule has 0 aliphatic heterocycles. The van der Waals surface area contributed by atoms with Crippen molar-refractivity contribution in [2.75, 3.05) is 0 Å². The van der Waals surface area contributed by atoms with E-state index in [2.05, 4.69) is 15.2 Å². The van der Waals surface area contributed by atoms with Crippen LogP contribution in [0.25, 0.3) is 0 Å². The van der Waals surface area contributed by atoms with Crippen LogP contribution in [0.15, 0.2) is 17.2 Å². The van der Waals surface area contributed by atoms with E-state index in [4.69, 9.17) is 0 Å². The van der Waals surface area contributed by atoms with Gasteiger partial charge in [0.25, 0.3) is 5.56 Å². The van der Waals surface area contributed by atoms with Crippen molar-refractivity contribution in [1.82, 2.24) is 19.7 Å². The molecular weight excluding hydrogens is 212 g/mol. The van der Waals surface area contributed by atoms with E-state index in [1.54, 1.807) is 10.8 Å². The van der Waals surface area contributed by atoms with Gasteiger partial charge in [0.05, 0.1) is 12.7 Å². The zero-order valence-electron chi connectivity index (χ0n) is 8.47. The quantitative estimate of drug-likeness (QED) is 0.752. The van der Waals surface area contributed by atoms with E-state index in [9.17, 15) is 4.79 Å². The van der Waals surface area contributed by atoms with Crippen molar-refractivity contribution in [3.63, 3.8) is 0 Å². The van der Waals surface area contributed by atoms with Gasteiger partial charge in [0.1, 0.15) is 10.0 Å². The van der Waals surface area contributed by atoms with Crippen LogP contribution in [0.3, 0.4) is 0 Å². The molecule has 0 bridgehead atoms. The summed E-state index contributed by atoms with van der Waals surface area (Å²) >= 11 is 1.50. The Kier molecular flexibility index (Phi) is 2.59. The molecule has 0 amide bonds. The van der Waals surface area contributed by atoms with Gasteiger partial charge in [-0.25, -0.2) is 0 Å². The molecule has 6 heteroatoms. The summed E-state index contributed by atoms with van der Waals surface area (Å²) in [5.41, 5.74) is 0.721. The van der Waals surface area contributed by atoms with Gasteiger partial charge < -0.3 is 4.57 Å². The van der Waals surface area contributed by atoms with E-state index in [1.165, 1.54) is 17.5 Å². The summed E-state index contributed by atoms with van der Waals surface area (Å²) in [6, 6.07) is 0. The Morgan fingerprint density at radius 2 is 2.13 bits per heavy atom. The Hall–Kier alpha value is -1.56. The van der Waals surface area contributed by atoms with Crippen LogP contribution in [0, 0.1) is 13.8 Å². The number of nitrogens with zero attached hydrogens (tertiary/aromatic N) is 4. The number of hydrogen-bond donors (Lipinski definition) is 0. The molecule has 0 radical (unpaired) electrons. The first-order chi connectivity index (χ1) is 7.16. The smallest absolute Gasteiger partial charge is 0.269 e. The third kappa shape index (κ3) is 2.10. The average Bonchev–Trinajstić information content (AvgIpc) is 2.58. The average molecular weight is 222 g/mol. The Morgan fingerprint density at radius 3 is 2.73 bits per heavy atom. The van der Waals surface area contributed by atoms with Gasteiger partial charge in [0.15, 0.2) is 0 Å². The summed E-state index contributed by atoms with van der Waals surface area (Å²) in [4.78, 5) is 15.3.